The Labute approximate surface area is 125 Å². The molecule has 5 nitrogen and oxygen atoms in total. The Bertz CT molecular complexity index is 646. The predicted octanol–water partition coefficient (Wildman–Crippen LogP) is 2.68. The van der Waals surface area contributed by atoms with Gasteiger partial charge in [0.05, 0.1) is 17.7 Å². The van der Waals surface area contributed by atoms with Gasteiger partial charge in [-0.25, -0.2) is 0 Å². The van der Waals surface area contributed by atoms with Gasteiger partial charge in [0.1, 0.15) is 0 Å². The van der Waals surface area contributed by atoms with Crippen molar-refractivity contribution in [3.8, 4) is 6.07 Å². The first-order valence-electron chi connectivity index (χ1n) is 5.92. The fourth-order valence-electron chi connectivity index (χ4n) is 1.56. The summed E-state index contributed by atoms with van der Waals surface area (Å²) in [6.45, 7) is 1.71. The third-order valence-electron chi connectivity index (χ3n) is 2.57. The van der Waals surface area contributed by atoms with E-state index in [1.807, 2.05) is 19.0 Å². The van der Waals surface area contributed by atoms with Gasteiger partial charge in [-0.1, -0.05) is 29.2 Å². The SMILES string of the molecule is C[C@H](O)c1ccc(C#N)cc1Sc1nnc(N(C)C)s1. The van der Waals surface area contributed by atoms with Crippen LogP contribution >= 0.6 is 23.1 Å². The van der Waals surface area contributed by atoms with Crippen LogP contribution in [0.1, 0.15) is 24.2 Å². The van der Waals surface area contributed by atoms with Gasteiger partial charge in [0.2, 0.25) is 5.13 Å². The Morgan fingerprint density at radius 1 is 1.40 bits per heavy atom. The molecular weight excluding hydrogens is 292 g/mol. The van der Waals surface area contributed by atoms with Crippen LogP contribution in [0.3, 0.4) is 0 Å². The van der Waals surface area contributed by atoms with Crippen LogP contribution in [0.25, 0.3) is 0 Å². The molecule has 0 radical (unpaired) electrons. The zero-order valence-electron chi connectivity index (χ0n) is 11.4. The van der Waals surface area contributed by atoms with Crippen molar-refractivity contribution in [1.29, 1.82) is 5.26 Å². The van der Waals surface area contributed by atoms with Crippen molar-refractivity contribution in [2.75, 3.05) is 19.0 Å². The van der Waals surface area contributed by atoms with Gasteiger partial charge in [0.15, 0.2) is 4.34 Å². The van der Waals surface area contributed by atoms with E-state index in [4.69, 9.17) is 5.26 Å². The summed E-state index contributed by atoms with van der Waals surface area (Å²) in [5.41, 5.74) is 1.35. The average molecular weight is 306 g/mol. The zero-order chi connectivity index (χ0) is 14.7. The fourth-order valence-corrected chi connectivity index (χ4v) is 3.53. The van der Waals surface area contributed by atoms with Gasteiger partial charge < -0.3 is 10.0 Å². The number of rotatable bonds is 4. The Balaban J connectivity index is 2.33. The van der Waals surface area contributed by atoms with E-state index >= 15 is 0 Å². The van der Waals surface area contributed by atoms with Crippen molar-refractivity contribution in [3.05, 3.63) is 29.3 Å². The number of aliphatic hydroxyl groups is 1. The molecular formula is C13H14N4OS2. The molecule has 0 saturated heterocycles. The summed E-state index contributed by atoms with van der Waals surface area (Å²) in [7, 11) is 3.82. The Morgan fingerprint density at radius 3 is 2.70 bits per heavy atom. The summed E-state index contributed by atoms with van der Waals surface area (Å²) in [5.74, 6) is 0. The second-order valence-electron chi connectivity index (χ2n) is 4.39. The van der Waals surface area contributed by atoms with Crippen LogP contribution in [0.2, 0.25) is 0 Å². The highest BCUT2D eigenvalue weighted by Gasteiger charge is 2.13. The highest BCUT2D eigenvalue weighted by Crippen LogP contribution is 2.36. The summed E-state index contributed by atoms with van der Waals surface area (Å²) in [5, 5.41) is 27.8. The third-order valence-corrected chi connectivity index (χ3v) is 4.78. The van der Waals surface area contributed by atoms with Crippen LogP contribution in [0.4, 0.5) is 5.13 Å². The van der Waals surface area contributed by atoms with Crippen LogP contribution in [0, 0.1) is 11.3 Å². The molecule has 1 atom stereocenters. The molecule has 0 spiro atoms. The summed E-state index contributed by atoms with van der Waals surface area (Å²) in [6, 6.07) is 7.36. The lowest BCUT2D eigenvalue weighted by Gasteiger charge is -2.10. The molecule has 1 aromatic heterocycles. The molecule has 0 aliphatic rings. The number of hydrogen-bond acceptors (Lipinski definition) is 7. The van der Waals surface area contributed by atoms with E-state index in [-0.39, 0.29) is 0 Å². The first-order valence-corrected chi connectivity index (χ1v) is 7.55. The van der Waals surface area contributed by atoms with Gasteiger partial charge in [-0.15, -0.1) is 10.2 Å². The standard InChI is InChI=1S/C13H14N4OS2/c1-8(18)10-5-4-9(7-14)6-11(10)19-13-16-15-12(20-13)17(2)3/h4-6,8,18H,1-3H3/t8-/m0/s1. The maximum Gasteiger partial charge on any atom is 0.208 e. The number of aliphatic hydroxyl groups excluding tert-OH is 1. The van der Waals surface area contributed by atoms with Crippen molar-refractivity contribution in [1.82, 2.24) is 10.2 Å². The molecule has 7 heteroatoms. The minimum absolute atomic E-state index is 0.564. The lowest BCUT2D eigenvalue weighted by atomic mass is 10.1. The summed E-state index contributed by atoms with van der Waals surface area (Å²) in [4.78, 5) is 2.73. The minimum atomic E-state index is -0.591. The van der Waals surface area contributed by atoms with E-state index in [1.165, 1.54) is 23.1 Å². The quantitative estimate of drug-likeness (QED) is 0.936. The highest BCUT2D eigenvalue weighted by molar-refractivity contribution is 8.01. The van der Waals surface area contributed by atoms with Crippen molar-refractivity contribution in [2.45, 2.75) is 22.3 Å². The number of anilines is 1. The number of aromatic nitrogens is 2. The number of benzene rings is 1. The van der Waals surface area contributed by atoms with Gasteiger partial charge in [-0.05, 0) is 24.6 Å². The van der Waals surface area contributed by atoms with E-state index in [1.54, 1.807) is 25.1 Å². The highest BCUT2D eigenvalue weighted by atomic mass is 32.2. The third kappa shape index (κ3) is 3.28. The van der Waals surface area contributed by atoms with Crippen LogP contribution < -0.4 is 4.90 Å². The molecule has 2 rings (SSSR count). The van der Waals surface area contributed by atoms with Gasteiger partial charge in [0.25, 0.3) is 0 Å². The van der Waals surface area contributed by atoms with Crippen LogP contribution in [-0.4, -0.2) is 29.4 Å². The fraction of sp³-hybridized carbons (Fsp3) is 0.308. The molecule has 0 saturated carbocycles. The van der Waals surface area contributed by atoms with Crippen molar-refractivity contribution < 1.29 is 5.11 Å². The second-order valence-corrected chi connectivity index (χ2v) is 6.63. The minimum Gasteiger partial charge on any atom is -0.389 e. The molecule has 1 N–H and O–H groups in total. The van der Waals surface area contributed by atoms with E-state index < -0.39 is 6.10 Å². The monoisotopic (exact) mass is 306 g/mol. The largest absolute Gasteiger partial charge is 0.389 e. The number of hydrogen-bond donors (Lipinski definition) is 1. The molecule has 104 valence electrons. The number of nitrogens with zero attached hydrogens (tertiary/aromatic N) is 4. The summed E-state index contributed by atoms with van der Waals surface area (Å²) < 4.78 is 0.783. The Morgan fingerprint density at radius 2 is 2.15 bits per heavy atom. The zero-order valence-corrected chi connectivity index (χ0v) is 13.0. The van der Waals surface area contributed by atoms with E-state index in [0.29, 0.717) is 5.56 Å². The first kappa shape index (κ1) is 14.8. The molecule has 0 bridgehead atoms. The van der Waals surface area contributed by atoms with Crippen molar-refractivity contribution >= 4 is 28.2 Å². The van der Waals surface area contributed by atoms with E-state index in [2.05, 4.69) is 16.3 Å². The molecule has 0 amide bonds. The molecule has 2 aromatic rings. The molecule has 0 aliphatic heterocycles. The van der Waals surface area contributed by atoms with Gasteiger partial charge in [-0.2, -0.15) is 5.26 Å². The normalized spacial score (nSPS) is 11.9. The molecule has 0 fully saturated rings. The Hall–Kier alpha value is -1.62. The van der Waals surface area contributed by atoms with Crippen molar-refractivity contribution in [2.24, 2.45) is 0 Å². The van der Waals surface area contributed by atoms with E-state index in [9.17, 15) is 5.11 Å². The smallest absolute Gasteiger partial charge is 0.208 e. The average Bonchev–Trinajstić information content (AvgIpc) is 2.87. The van der Waals surface area contributed by atoms with Crippen molar-refractivity contribution in [3.63, 3.8) is 0 Å². The first-order chi connectivity index (χ1) is 9.51. The van der Waals surface area contributed by atoms with E-state index in [0.717, 1.165) is 19.9 Å². The molecule has 0 unspecified atom stereocenters. The molecule has 0 aliphatic carbocycles. The van der Waals surface area contributed by atoms with Crippen LogP contribution in [-0.2, 0) is 0 Å². The lowest BCUT2D eigenvalue weighted by Crippen LogP contribution is -2.07. The Kier molecular flexibility index (Phi) is 4.60. The molecule has 1 aromatic carbocycles. The lowest BCUT2D eigenvalue weighted by molar-refractivity contribution is 0.196. The predicted molar refractivity (Wildman–Crippen MR) is 80.1 cm³/mol. The topological polar surface area (TPSA) is 73.0 Å². The van der Waals surface area contributed by atoms with Crippen LogP contribution in [0.5, 0.6) is 0 Å². The maximum absolute atomic E-state index is 9.80. The maximum atomic E-state index is 9.80. The number of nitriles is 1. The van der Waals surface area contributed by atoms with Crippen LogP contribution in [0.15, 0.2) is 27.4 Å². The summed E-state index contributed by atoms with van der Waals surface area (Å²) in [6.07, 6.45) is -0.591. The van der Waals surface area contributed by atoms with Gasteiger partial charge in [-0.3, -0.25) is 0 Å². The van der Waals surface area contributed by atoms with Gasteiger partial charge >= 0.3 is 0 Å². The van der Waals surface area contributed by atoms with Gasteiger partial charge in [0, 0.05) is 19.0 Å². The summed E-state index contributed by atoms with van der Waals surface area (Å²) >= 11 is 2.89. The molecule has 1 heterocycles. The second kappa shape index (κ2) is 6.22. The molecule has 20 heavy (non-hydrogen) atoms.